The minimum absolute atomic E-state index is 0.325. The molecule has 0 radical (unpaired) electrons. The highest BCUT2D eigenvalue weighted by Crippen LogP contribution is 2.31. The predicted molar refractivity (Wildman–Crippen MR) is 128 cm³/mol. The van der Waals surface area contributed by atoms with Crippen LogP contribution < -0.4 is 10.1 Å². The molecule has 34 heavy (non-hydrogen) atoms. The van der Waals surface area contributed by atoms with Crippen LogP contribution in [-0.2, 0) is 0 Å². The second-order valence-corrected chi connectivity index (χ2v) is 7.75. The van der Waals surface area contributed by atoms with E-state index < -0.39 is 0 Å². The lowest BCUT2D eigenvalue weighted by Crippen LogP contribution is -2.13. The van der Waals surface area contributed by atoms with E-state index in [0.29, 0.717) is 50.7 Å². The molecular formula is C25H18ClN5O3. The summed E-state index contributed by atoms with van der Waals surface area (Å²) in [4.78, 5) is 13.0. The number of anilines is 1. The molecule has 8 nitrogen and oxygen atoms in total. The van der Waals surface area contributed by atoms with Gasteiger partial charge in [-0.1, -0.05) is 35.0 Å². The summed E-state index contributed by atoms with van der Waals surface area (Å²) >= 11 is 6.29. The average molecular weight is 472 g/mol. The van der Waals surface area contributed by atoms with Gasteiger partial charge in [0.25, 0.3) is 5.91 Å². The Bertz CT molecular complexity index is 1430. The van der Waals surface area contributed by atoms with Crippen LogP contribution in [0.3, 0.4) is 0 Å². The van der Waals surface area contributed by atoms with Crippen molar-refractivity contribution in [3.63, 3.8) is 0 Å². The van der Waals surface area contributed by atoms with Gasteiger partial charge in [-0.2, -0.15) is 0 Å². The molecule has 5 rings (SSSR count). The number of carbonyl (C=O) groups is 1. The number of halogens is 1. The number of ether oxygens (including phenoxy) is 1. The second kappa shape index (κ2) is 9.21. The average Bonchev–Trinajstić information content (AvgIpc) is 3.51. The van der Waals surface area contributed by atoms with Crippen molar-refractivity contribution in [2.75, 3.05) is 5.32 Å². The number of nitrogens with zero attached hydrogens (tertiary/aromatic N) is 4. The first kappa shape index (κ1) is 21.4. The number of aromatic nitrogens is 4. The van der Waals surface area contributed by atoms with Crippen LogP contribution in [0.15, 0.2) is 89.7 Å². The van der Waals surface area contributed by atoms with E-state index in [1.807, 2.05) is 47.3 Å². The maximum absolute atomic E-state index is 13.0. The summed E-state index contributed by atoms with van der Waals surface area (Å²) in [7, 11) is 0. The molecule has 0 aliphatic rings. The van der Waals surface area contributed by atoms with Crippen molar-refractivity contribution < 1.29 is 14.1 Å². The number of benzene rings is 2. The molecule has 3 heterocycles. The molecule has 2 aromatic carbocycles. The SMILES string of the molecule is Cc1onc(-c2ccccc2Cl)c1C(=O)Nc1ccc(Oc2ccc(-n3cccc3)nn2)cc1. The van der Waals surface area contributed by atoms with Crippen LogP contribution in [0, 0.1) is 6.92 Å². The van der Waals surface area contributed by atoms with Crippen LogP contribution in [0.2, 0.25) is 5.02 Å². The third-order valence-electron chi connectivity index (χ3n) is 5.05. The Kier molecular flexibility index (Phi) is 5.80. The van der Waals surface area contributed by atoms with Gasteiger partial charge < -0.3 is 19.1 Å². The molecule has 168 valence electrons. The topological polar surface area (TPSA) is 95.1 Å². The summed E-state index contributed by atoms with van der Waals surface area (Å²) in [6.45, 7) is 1.68. The lowest BCUT2D eigenvalue weighted by molar-refractivity contribution is 0.102. The fraction of sp³-hybridized carbons (Fsp3) is 0.0400. The summed E-state index contributed by atoms with van der Waals surface area (Å²) in [6.07, 6.45) is 3.77. The second-order valence-electron chi connectivity index (χ2n) is 7.34. The van der Waals surface area contributed by atoms with Gasteiger partial charge >= 0.3 is 0 Å². The third-order valence-corrected chi connectivity index (χ3v) is 5.38. The number of carbonyl (C=O) groups excluding carboxylic acids is 1. The van der Waals surface area contributed by atoms with Gasteiger partial charge in [0.2, 0.25) is 5.88 Å². The molecule has 0 saturated heterocycles. The molecule has 0 spiro atoms. The zero-order valence-corrected chi connectivity index (χ0v) is 18.7. The van der Waals surface area contributed by atoms with Gasteiger partial charge in [-0.15, -0.1) is 10.2 Å². The fourth-order valence-corrected chi connectivity index (χ4v) is 3.61. The highest BCUT2D eigenvalue weighted by molar-refractivity contribution is 6.33. The summed E-state index contributed by atoms with van der Waals surface area (Å²) in [5, 5.41) is 15.6. The minimum Gasteiger partial charge on any atom is -0.438 e. The molecule has 0 aliphatic carbocycles. The predicted octanol–water partition coefficient (Wildman–Crippen LogP) is 5.93. The van der Waals surface area contributed by atoms with Crippen molar-refractivity contribution >= 4 is 23.2 Å². The number of nitrogens with one attached hydrogen (secondary N) is 1. The lowest BCUT2D eigenvalue weighted by atomic mass is 10.1. The maximum atomic E-state index is 13.0. The lowest BCUT2D eigenvalue weighted by Gasteiger charge is -2.09. The maximum Gasteiger partial charge on any atom is 0.261 e. The fourth-order valence-electron chi connectivity index (χ4n) is 3.39. The van der Waals surface area contributed by atoms with Crippen LogP contribution in [-0.4, -0.2) is 25.8 Å². The highest BCUT2D eigenvalue weighted by Gasteiger charge is 2.23. The molecular weight excluding hydrogens is 454 g/mol. The van der Waals surface area contributed by atoms with Crippen molar-refractivity contribution in [3.8, 4) is 28.7 Å². The Labute approximate surface area is 199 Å². The van der Waals surface area contributed by atoms with Crippen molar-refractivity contribution in [2.45, 2.75) is 6.92 Å². The van der Waals surface area contributed by atoms with Crippen LogP contribution in [0.25, 0.3) is 17.1 Å². The van der Waals surface area contributed by atoms with E-state index in [1.165, 1.54) is 0 Å². The van der Waals surface area contributed by atoms with Gasteiger partial charge in [0.15, 0.2) is 5.82 Å². The first-order valence-electron chi connectivity index (χ1n) is 10.4. The van der Waals surface area contributed by atoms with Gasteiger partial charge in [0.05, 0.1) is 5.02 Å². The number of amides is 1. The number of rotatable bonds is 6. The molecule has 0 saturated carbocycles. The quantitative estimate of drug-likeness (QED) is 0.330. The minimum atomic E-state index is -0.353. The van der Waals surface area contributed by atoms with E-state index in [1.54, 1.807) is 49.4 Å². The Hall–Kier alpha value is -4.43. The van der Waals surface area contributed by atoms with Crippen molar-refractivity contribution in [3.05, 3.63) is 102 Å². The Balaban J connectivity index is 1.28. The van der Waals surface area contributed by atoms with Gasteiger partial charge in [-0.05, 0) is 55.5 Å². The van der Waals surface area contributed by atoms with E-state index in [2.05, 4.69) is 20.7 Å². The summed E-state index contributed by atoms with van der Waals surface area (Å²) in [6, 6.07) is 21.4. The summed E-state index contributed by atoms with van der Waals surface area (Å²) < 4.78 is 12.9. The van der Waals surface area contributed by atoms with Gasteiger partial charge in [-0.25, -0.2) is 0 Å². The van der Waals surface area contributed by atoms with Crippen molar-refractivity contribution in [1.29, 1.82) is 0 Å². The van der Waals surface area contributed by atoms with Crippen LogP contribution in [0.4, 0.5) is 5.69 Å². The zero-order chi connectivity index (χ0) is 23.5. The Morgan fingerprint density at radius 3 is 2.44 bits per heavy atom. The smallest absolute Gasteiger partial charge is 0.261 e. The van der Waals surface area contributed by atoms with Crippen molar-refractivity contribution in [2.24, 2.45) is 0 Å². The largest absolute Gasteiger partial charge is 0.438 e. The summed E-state index contributed by atoms with van der Waals surface area (Å²) in [5.41, 5.74) is 1.92. The summed E-state index contributed by atoms with van der Waals surface area (Å²) in [5.74, 6) is 1.65. The third kappa shape index (κ3) is 4.39. The van der Waals surface area contributed by atoms with Crippen molar-refractivity contribution in [1.82, 2.24) is 19.9 Å². The number of hydrogen-bond donors (Lipinski definition) is 1. The standard InChI is InChI=1S/C25H18ClN5O3/c1-16-23(24(30-34-16)19-6-2-3-7-20(19)26)25(32)27-17-8-10-18(11-9-17)33-22-13-12-21(28-29-22)31-14-4-5-15-31/h2-15H,1H3,(H,27,32). The molecule has 0 atom stereocenters. The van der Waals surface area contributed by atoms with E-state index in [9.17, 15) is 4.79 Å². The van der Waals surface area contributed by atoms with Gasteiger partial charge in [-0.3, -0.25) is 4.79 Å². The number of aryl methyl sites for hydroxylation is 1. The Morgan fingerprint density at radius 2 is 1.74 bits per heavy atom. The van der Waals surface area contributed by atoms with Crippen LogP contribution in [0.1, 0.15) is 16.1 Å². The highest BCUT2D eigenvalue weighted by atomic mass is 35.5. The van der Waals surface area contributed by atoms with E-state index in [4.69, 9.17) is 20.9 Å². The molecule has 0 unspecified atom stereocenters. The van der Waals surface area contributed by atoms with E-state index in [0.717, 1.165) is 0 Å². The first-order valence-corrected chi connectivity index (χ1v) is 10.7. The molecule has 5 aromatic rings. The zero-order valence-electron chi connectivity index (χ0n) is 18.0. The normalized spacial score (nSPS) is 10.8. The van der Waals surface area contributed by atoms with Gasteiger partial charge in [0.1, 0.15) is 22.8 Å². The van der Waals surface area contributed by atoms with E-state index in [-0.39, 0.29) is 5.91 Å². The molecule has 3 aromatic heterocycles. The Morgan fingerprint density at radius 1 is 0.971 bits per heavy atom. The van der Waals surface area contributed by atoms with Gasteiger partial charge in [0, 0.05) is 29.7 Å². The first-order chi connectivity index (χ1) is 16.6. The van der Waals surface area contributed by atoms with Crippen LogP contribution in [0.5, 0.6) is 11.6 Å². The molecule has 0 aliphatic heterocycles. The molecule has 9 heteroatoms. The molecule has 0 bridgehead atoms. The van der Waals surface area contributed by atoms with Crippen LogP contribution >= 0.6 is 11.6 Å². The molecule has 1 amide bonds. The molecule has 1 N–H and O–H groups in total. The molecule has 0 fully saturated rings. The number of hydrogen-bond acceptors (Lipinski definition) is 6. The van der Waals surface area contributed by atoms with E-state index >= 15 is 0 Å². The monoisotopic (exact) mass is 471 g/mol.